The zero-order valence-corrected chi connectivity index (χ0v) is 18.9. The van der Waals surface area contributed by atoms with Crippen LogP contribution < -0.4 is 21.3 Å². The number of nitrogens with one attached hydrogen (secondary N) is 2. The second kappa shape index (κ2) is 9.88. The fourth-order valence-electron chi connectivity index (χ4n) is 3.98. The third kappa shape index (κ3) is 4.81. The van der Waals surface area contributed by atoms with Crippen LogP contribution in [0, 0.1) is 11.6 Å². The first-order chi connectivity index (χ1) is 16.8. The first-order valence-electron chi connectivity index (χ1n) is 10.8. The second-order valence-corrected chi connectivity index (χ2v) is 7.97. The molecule has 2 atom stereocenters. The van der Waals surface area contributed by atoms with Gasteiger partial charge in [-0.15, -0.1) is 0 Å². The minimum atomic E-state index is -1.30. The third-order valence-corrected chi connectivity index (χ3v) is 5.69. The van der Waals surface area contributed by atoms with Crippen LogP contribution in [0.2, 0.25) is 0 Å². The number of H-pyrrole nitrogens is 1. The van der Waals surface area contributed by atoms with Crippen molar-refractivity contribution in [2.24, 2.45) is 0 Å². The summed E-state index contributed by atoms with van der Waals surface area (Å²) in [7, 11) is 1.39. The summed E-state index contributed by atoms with van der Waals surface area (Å²) in [5, 5.41) is 2.75. The average molecular weight is 480 g/mol. The lowest BCUT2D eigenvalue weighted by Gasteiger charge is -2.22. The molecule has 0 unspecified atom stereocenters. The van der Waals surface area contributed by atoms with Crippen LogP contribution in [0.25, 0.3) is 10.9 Å². The summed E-state index contributed by atoms with van der Waals surface area (Å²) in [6, 6.07) is 8.98. The Balaban J connectivity index is 1.80. The smallest absolute Gasteiger partial charge is 0.329 e. The number of carbonyl (C=O) groups is 1. The number of aromatic amines is 1. The van der Waals surface area contributed by atoms with Crippen molar-refractivity contribution >= 4 is 16.8 Å². The largest absolute Gasteiger partial charge is 0.496 e. The van der Waals surface area contributed by atoms with E-state index in [9.17, 15) is 23.2 Å². The van der Waals surface area contributed by atoms with Gasteiger partial charge < -0.3 is 15.0 Å². The van der Waals surface area contributed by atoms with Gasteiger partial charge in [0.1, 0.15) is 28.8 Å². The molecule has 10 heteroatoms. The van der Waals surface area contributed by atoms with E-state index in [2.05, 4.69) is 15.3 Å². The monoisotopic (exact) mass is 480 g/mol. The zero-order valence-electron chi connectivity index (χ0n) is 18.9. The second-order valence-electron chi connectivity index (χ2n) is 7.97. The predicted molar refractivity (Wildman–Crippen MR) is 125 cm³/mol. The maximum atomic E-state index is 14.3. The lowest BCUT2D eigenvalue weighted by atomic mass is 10.0. The summed E-state index contributed by atoms with van der Waals surface area (Å²) in [6.07, 6.45) is 3.03. The Morgan fingerprint density at radius 2 is 1.97 bits per heavy atom. The number of methoxy groups -OCH3 is 1. The van der Waals surface area contributed by atoms with Crippen molar-refractivity contribution in [1.82, 2.24) is 19.9 Å². The molecule has 0 aliphatic carbocycles. The molecule has 2 aromatic carbocycles. The van der Waals surface area contributed by atoms with Gasteiger partial charge in [-0.2, -0.15) is 0 Å². The van der Waals surface area contributed by atoms with Gasteiger partial charge >= 0.3 is 5.69 Å². The normalized spacial score (nSPS) is 12.8. The average Bonchev–Trinajstić information content (AvgIpc) is 2.83. The molecular formula is C25H22F2N4O4. The highest BCUT2D eigenvalue weighted by Crippen LogP contribution is 2.22. The van der Waals surface area contributed by atoms with Gasteiger partial charge in [0.2, 0.25) is 5.91 Å². The number of fused-ring (bicyclic) bond motifs is 1. The van der Waals surface area contributed by atoms with E-state index < -0.39 is 40.9 Å². The summed E-state index contributed by atoms with van der Waals surface area (Å²) in [6.45, 7) is 1.52. The molecule has 0 aliphatic heterocycles. The number of pyridine rings is 1. The summed E-state index contributed by atoms with van der Waals surface area (Å²) in [4.78, 5) is 46.6. The van der Waals surface area contributed by atoms with Crippen LogP contribution in [0.3, 0.4) is 0 Å². The minimum Gasteiger partial charge on any atom is -0.496 e. The maximum Gasteiger partial charge on any atom is 0.329 e. The van der Waals surface area contributed by atoms with Crippen LogP contribution in [0.5, 0.6) is 5.75 Å². The van der Waals surface area contributed by atoms with E-state index >= 15 is 0 Å². The summed E-state index contributed by atoms with van der Waals surface area (Å²) >= 11 is 0. The summed E-state index contributed by atoms with van der Waals surface area (Å²) in [5.74, 6) is -2.04. The van der Waals surface area contributed by atoms with E-state index in [1.165, 1.54) is 26.3 Å². The molecule has 4 aromatic rings. The lowest BCUT2D eigenvalue weighted by Crippen LogP contribution is -2.46. The van der Waals surface area contributed by atoms with E-state index in [0.29, 0.717) is 5.56 Å². The highest BCUT2D eigenvalue weighted by Gasteiger charge is 2.28. The fraction of sp³-hybridized carbons (Fsp3) is 0.200. The molecule has 35 heavy (non-hydrogen) atoms. The molecule has 0 bridgehead atoms. The predicted octanol–water partition coefficient (Wildman–Crippen LogP) is 3.03. The van der Waals surface area contributed by atoms with Gasteiger partial charge in [-0.3, -0.25) is 14.6 Å². The number of rotatable bonds is 7. The van der Waals surface area contributed by atoms with Crippen molar-refractivity contribution in [3.63, 3.8) is 0 Å². The number of benzene rings is 2. The number of nitrogens with zero attached hydrogens (tertiary/aromatic N) is 2. The topological polar surface area (TPSA) is 106 Å². The Labute approximate surface area is 198 Å². The van der Waals surface area contributed by atoms with Gasteiger partial charge in [0, 0.05) is 30.4 Å². The highest BCUT2D eigenvalue weighted by molar-refractivity contribution is 5.85. The van der Waals surface area contributed by atoms with Crippen LogP contribution in [-0.4, -0.2) is 27.6 Å². The third-order valence-electron chi connectivity index (χ3n) is 5.69. The summed E-state index contributed by atoms with van der Waals surface area (Å²) < 4.78 is 33.7. The molecule has 0 aliphatic rings. The minimum absolute atomic E-state index is 0.0397. The molecule has 2 heterocycles. The Kier molecular flexibility index (Phi) is 6.72. The highest BCUT2D eigenvalue weighted by atomic mass is 19.1. The van der Waals surface area contributed by atoms with Crippen LogP contribution in [0.4, 0.5) is 8.78 Å². The molecule has 1 amide bonds. The maximum absolute atomic E-state index is 14.3. The van der Waals surface area contributed by atoms with E-state index in [-0.39, 0.29) is 28.6 Å². The number of aromatic nitrogens is 3. The number of halogens is 2. The van der Waals surface area contributed by atoms with Gasteiger partial charge in [0.25, 0.3) is 5.56 Å². The molecule has 2 aromatic heterocycles. The van der Waals surface area contributed by atoms with Crippen molar-refractivity contribution in [1.29, 1.82) is 0 Å². The summed E-state index contributed by atoms with van der Waals surface area (Å²) in [5.41, 5.74) is -0.592. The van der Waals surface area contributed by atoms with Gasteiger partial charge in [-0.1, -0.05) is 18.2 Å². The van der Waals surface area contributed by atoms with Crippen molar-refractivity contribution in [3.05, 3.63) is 105 Å². The van der Waals surface area contributed by atoms with Crippen LogP contribution in [-0.2, 0) is 11.2 Å². The molecule has 0 radical (unpaired) electrons. The molecule has 2 N–H and O–H groups in total. The number of carbonyl (C=O) groups excluding carboxylic acids is 1. The van der Waals surface area contributed by atoms with Crippen molar-refractivity contribution in [3.8, 4) is 5.75 Å². The standard InChI is InChI=1S/C25H22F2N4O4/c1-14(17-9-8-16(26)12-18(17)27)29-23(32)20(11-15-5-4-10-28-13-15)31-24(33)22-19(30-25(31)34)6-3-7-21(22)35-2/h3-10,12-14,20H,11H2,1-2H3,(H,29,32)(H,30,34)/t14-,20-/m1/s1. The molecular weight excluding hydrogens is 458 g/mol. The Hall–Kier alpha value is -4.34. The number of ether oxygens (including phenoxy) is 1. The van der Waals surface area contributed by atoms with Crippen LogP contribution in [0.15, 0.2) is 70.5 Å². The van der Waals surface area contributed by atoms with E-state index in [4.69, 9.17) is 4.74 Å². The molecule has 0 fully saturated rings. The first kappa shape index (κ1) is 23.8. The first-order valence-corrected chi connectivity index (χ1v) is 10.8. The molecule has 180 valence electrons. The number of hydrogen-bond acceptors (Lipinski definition) is 5. The number of hydrogen-bond donors (Lipinski definition) is 2. The van der Waals surface area contributed by atoms with Gasteiger partial charge in [-0.05, 0) is 36.8 Å². The molecule has 0 spiro atoms. The number of amides is 1. The Morgan fingerprint density at radius 1 is 1.17 bits per heavy atom. The van der Waals surface area contributed by atoms with E-state index in [1.807, 2.05) is 0 Å². The molecule has 0 saturated heterocycles. The van der Waals surface area contributed by atoms with Gasteiger partial charge in [-0.25, -0.2) is 18.1 Å². The Morgan fingerprint density at radius 3 is 2.66 bits per heavy atom. The SMILES string of the molecule is COc1cccc2[nH]c(=O)n([C@H](Cc3cccnc3)C(=O)N[C@H](C)c3ccc(F)cc3F)c(=O)c12. The molecule has 4 rings (SSSR count). The van der Waals surface area contributed by atoms with Crippen LogP contribution >= 0.6 is 0 Å². The van der Waals surface area contributed by atoms with Gasteiger partial charge in [0.15, 0.2) is 0 Å². The van der Waals surface area contributed by atoms with Crippen LogP contribution in [0.1, 0.15) is 30.1 Å². The van der Waals surface area contributed by atoms with Crippen molar-refractivity contribution < 1.29 is 18.3 Å². The quantitative estimate of drug-likeness (QED) is 0.423. The van der Waals surface area contributed by atoms with Crippen molar-refractivity contribution in [2.75, 3.05) is 7.11 Å². The van der Waals surface area contributed by atoms with Crippen molar-refractivity contribution in [2.45, 2.75) is 25.4 Å². The lowest BCUT2D eigenvalue weighted by molar-refractivity contribution is -0.125. The van der Waals surface area contributed by atoms with E-state index in [1.54, 1.807) is 36.5 Å². The Bertz CT molecular complexity index is 1500. The molecule has 8 nitrogen and oxygen atoms in total. The fourth-order valence-corrected chi connectivity index (χ4v) is 3.98. The van der Waals surface area contributed by atoms with Gasteiger partial charge in [0.05, 0.1) is 18.7 Å². The molecule has 0 saturated carbocycles. The zero-order chi connectivity index (χ0) is 25.1. The van der Waals surface area contributed by atoms with E-state index in [0.717, 1.165) is 16.7 Å².